The standard InChI is InChI=1S/C51H30N4O2/c1-4-14-31(15-5-1)35-21-13-25-43-45(35)40-27-26-34(30-44(40)56-43)50-52-49(33-18-8-3-9-19-33)53-51(54-50)55-41-24-11-10-20-39(41)46-42(55)29-28-38-37-23-12-22-36(47(37)57-48(38)46)32-16-6-2-7-17-32/h1-30H/i1D,3D,4D,5D,8D,9D,10D,11D,12D,13D,14D,15D,18D,19D,20D,21D,22D,23D,24D,25D,26D,27D,28D,29D,30D. The van der Waals surface area contributed by atoms with Gasteiger partial charge in [-0.1, -0.05) is 145 Å². The summed E-state index contributed by atoms with van der Waals surface area (Å²) in [7, 11) is 0. The molecule has 266 valence electrons. The van der Waals surface area contributed by atoms with Gasteiger partial charge in [0.25, 0.3) is 0 Å². The number of para-hydroxylation sites is 2. The number of fused-ring (bicyclic) bond motifs is 10. The average molecular weight is 756 g/mol. The van der Waals surface area contributed by atoms with Gasteiger partial charge in [0.15, 0.2) is 11.6 Å². The lowest BCUT2D eigenvalue weighted by atomic mass is 9.99. The van der Waals surface area contributed by atoms with Crippen molar-refractivity contribution in [3.05, 3.63) is 181 Å². The first kappa shape index (κ1) is 15.7. The zero-order valence-corrected chi connectivity index (χ0v) is 28.5. The summed E-state index contributed by atoms with van der Waals surface area (Å²) in [6, 6.07) is -11.8. The number of hydrogen-bond donors (Lipinski definition) is 0. The number of furan rings is 2. The molecule has 12 rings (SSSR count). The monoisotopic (exact) mass is 755 g/mol. The minimum Gasteiger partial charge on any atom is -0.456 e. The van der Waals surface area contributed by atoms with Gasteiger partial charge in [-0.3, -0.25) is 4.57 Å². The molecule has 0 atom stereocenters. The first-order valence-corrected chi connectivity index (χ1v) is 17.0. The third-order valence-electron chi connectivity index (χ3n) is 9.30. The lowest BCUT2D eigenvalue weighted by molar-refractivity contribution is 0.669. The molecule has 4 heterocycles. The molecule has 0 saturated carbocycles. The Morgan fingerprint density at radius 2 is 1.11 bits per heavy atom. The summed E-state index contributed by atoms with van der Waals surface area (Å²) in [5.74, 6) is -2.44. The normalized spacial score (nSPS) is 18.0. The van der Waals surface area contributed by atoms with Crippen LogP contribution in [0.5, 0.6) is 0 Å². The van der Waals surface area contributed by atoms with Crippen molar-refractivity contribution >= 4 is 65.7 Å². The maximum atomic E-state index is 9.74. The molecule has 57 heavy (non-hydrogen) atoms. The van der Waals surface area contributed by atoms with Gasteiger partial charge in [0.2, 0.25) is 5.95 Å². The van der Waals surface area contributed by atoms with Gasteiger partial charge >= 0.3 is 0 Å². The van der Waals surface area contributed by atoms with Crippen molar-refractivity contribution in [1.29, 1.82) is 0 Å². The van der Waals surface area contributed by atoms with Crippen LogP contribution in [0, 0.1) is 0 Å². The predicted molar refractivity (Wildman–Crippen MR) is 230 cm³/mol. The molecule has 0 aliphatic rings. The Balaban J connectivity index is 1.26. The van der Waals surface area contributed by atoms with Crippen molar-refractivity contribution in [3.63, 3.8) is 0 Å². The van der Waals surface area contributed by atoms with Gasteiger partial charge in [-0.05, 0) is 52.9 Å². The maximum absolute atomic E-state index is 9.74. The summed E-state index contributed by atoms with van der Waals surface area (Å²) in [5.41, 5.74) is -5.10. The van der Waals surface area contributed by atoms with Crippen LogP contribution < -0.4 is 0 Å². The van der Waals surface area contributed by atoms with E-state index in [2.05, 4.69) is 15.0 Å². The van der Waals surface area contributed by atoms with Crippen LogP contribution in [0.4, 0.5) is 0 Å². The molecule has 0 N–H and O–H groups in total. The van der Waals surface area contributed by atoms with Crippen molar-refractivity contribution in [2.24, 2.45) is 0 Å². The van der Waals surface area contributed by atoms with Gasteiger partial charge < -0.3 is 8.83 Å². The summed E-state index contributed by atoms with van der Waals surface area (Å²) in [6.45, 7) is 0. The molecule has 8 aromatic carbocycles. The number of nitrogens with zero attached hydrogens (tertiary/aromatic N) is 4. The van der Waals surface area contributed by atoms with E-state index >= 15 is 0 Å². The van der Waals surface area contributed by atoms with Gasteiger partial charge in [-0.2, -0.15) is 9.97 Å². The molecule has 6 nitrogen and oxygen atoms in total. The van der Waals surface area contributed by atoms with E-state index in [0.717, 1.165) is 4.57 Å². The third kappa shape index (κ3) is 4.87. The Bertz CT molecular complexity index is 4940. The summed E-state index contributed by atoms with van der Waals surface area (Å²) in [4.78, 5) is 13.6. The first-order chi connectivity index (χ1) is 38.7. The first-order valence-electron chi connectivity index (χ1n) is 29.5. The highest BCUT2D eigenvalue weighted by Gasteiger charge is 2.23. The molecule has 0 amide bonds. The van der Waals surface area contributed by atoms with Gasteiger partial charge in [0.05, 0.1) is 50.7 Å². The van der Waals surface area contributed by atoms with Gasteiger partial charge in [0.1, 0.15) is 22.3 Å². The Kier molecular flexibility index (Phi) is 3.41. The maximum Gasteiger partial charge on any atom is 0.238 e. The highest BCUT2D eigenvalue weighted by molar-refractivity contribution is 6.24. The topological polar surface area (TPSA) is 69.9 Å². The summed E-state index contributed by atoms with van der Waals surface area (Å²) >= 11 is 0. The van der Waals surface area contributed by atoms with Crippen molar-refractivity contribution in [3.8, 4) is 51.0 Å². The van der Waals surface area contributed by atoms with Crippen molar-refractivity contribution in [1.82, 2.24) is 19.5 Å². The van der Waals surface area contributed by atoms with E-state index in [1.165, 1.54) is 0 Å². The number of rotatable bonds is 5. The Morgan fingerprint density at radius 1 is 0.421 bits per heavy atom. The van der Waals surface area contributed by atoms with Crippen LogP contribution in [0.15, 0.2) is 190 Å². The van der Waals surface area contributed by atoms with Crippen LogP contribution in [0.25, 0.3) is 117 Å². The van der Waals surface area contributed by atoms with E-state index in [4.69, 9.17) is 33.5 Å². The minimum absolute atomic E-state index is 0.0139. The van der Waals surface area contributed by atoms with E-state index in [-0.39, 0.29) is 32.9 Å². The molecule has 4 aromatic heterocycles. The van der Waals surface area contributed by atoms with Crippen LogP contribution in [-0.2, 0) is 0 Å². The molecular weight excluding hydrogens is 701 g/mol. The third-order valence-corrected chi connectivity index (χ3v) is 9.30. The summed E-state index contributed by atoms with van der Waals surface area (Å²) in [5, 5.41) is -2.10. The molecule has 0 saturated heterocycles. The smallest absolute Gasteiger partial charge is 0.238 e. The molecule has 0 aliphatic carbocycles. The van der Waals surface area contributed by atoms with E-state index in [9.17, 15) is 9.60 Å². The summed E-state index contributed by atoms with van der Waals surface area (Å²) < 4.78 is 238. The van der Waals surface area contributed by atoms with E-state index < -0.39 is 229 Å². The van der Waals surface area contributed by atoms with Gasteiger partial charge in [-0.15, -0.1) is 0 Å². The van der Waals surface area contributed by atoms with E-state index in [0.29, 0.717) is 5.56 Å². The largest absolute Gasteiger partial charge is 0.456 e. The molecule has 0 spiro atoms. The fraction of sp³-hybridized carbons (Fsp3) is 0. The van der Waals surface area contributed by atoms with Gasteiger partial charge in [-0.25, -0.2) is 4.98 Å². The number of aromatic nitrogens is 4. The Morgan fingerprint density at radius 3 is 1.95 bits per heavy atom. The van der Waals surface area contributed by atoms with Crippen molar-refractivity contribution < 1.29 is 43.1 Å². The molecule has 6 heteroatoms. The predicted octanol–water partition coefficient (Wildman–Crippen LogP) is 13.4. The molecule has 0 unspecified atom stereocenters. The summed E-state index contributed by atoms with van der Waals surface area (Å²) in [6.07, 6.45) is 0. The molecule has 0 bridgehead atoms. The highest BCUT2D eigenvalue weighted by Crippen LogP contribution is 2.43. The molecular formula is C51H30N4O2. The van der Waals surface area contributed by atoms with Crippen LogP contribution in [0.3, 0.4) is 0 Å². The molecule has 0 radical (unpaired) electrons. The minimum atomic E-state index is -0.949. The molecule has 12 aromatic rings. The molecule has 0 aliphatic heterocycles. The lowest BCUT2D eigenvalue weighted by Gasteiger charge is -2.11. The van der Waals surface area contributed by atoms with Crippen molar-refractivity contribution in [2.45, 2.75) is 0 Å². The zero-order valence-electron chi connectivity index (χ0n) is 53.5. The fourth-order valence-electron chi connectivity index (χ4n) is 6.87. The molecule has 0 fully saturated rings. The zero-order chi connectivity index (χ0) is 59.2. The second-order valence-electron chi connectivity index (χ2n) is 12.5. The number of hydrogen-bond acceptors (Lipinski definition) is 5. The van der Waals surface area contributed by atoms with Gasteiger partial charge in [0, 0.05) is 43.6 Å². The quantitative estimate of drug-likeness (QED) is 0.175. The van der Waals surface area contributed by atoms with Crippen molar-refractivity contribution in [2.75, 3.05) is 0 Å². The SMILES string of the molecule is [2H]c1c([2H])c([2H])c(-c2nc(-c3c([2H])c([2H])c4c(oc5c([2H])c([2H])c([2H])c(-c6c([2H])c([2H])c([2H])c([2H])c6[2H])c54)c3[2H])nc(-n3c4c([2H])c([2H])c([2H])c([2H])c4c4c5oc6c(-c7ccccc7)c([2H])c([2H])c([2H])c6c5c([2H])c([2H])c43)n2)c([2H])c1[2H]. The van der Waals surface area contributed by atoms with Crippen LogP contribution in [0.1, 0.15) is 34.3 Å². The Labute approximate surface area is 361 Å². The highest BCUT2D eigenvalue weighted by atomic mass is 16.3. The van der Waals surface area contributed by atoms with Crippen LogP contribution in [-0.4, -0.2) is 19.5 Å². The average Bonchev–Trinajstić information content (AvgIpc) is 2.73. The lowest BCUT2D eigenvalue weighted by Crippen LogP contribution is -2.06. The number of benzene rings is 8. The second kappa shape index (κ2) is 12.3. The fourth-order valence-corrected chi connectivity index (χ4v) is 6.87. The van der Waals surface area contributed by atoms with E-state index in [1.807, 2.05) is 0 Å². The van der Waals surface area contributed by atoms with E-state index in [1.54, 1.807) is 30.3 Å². The van der Waals surface area contributed by atoms with Crippen LogP contribution >= 0.6 is 0 Å². The Hall–Kier alpha value is -7.83. The second-order valence-corrected chi connectivity index (χ2v) is 12.5. The van der Waals surface area contributed by atoms with Crippen LogP contribution in [0.2, 0.25) is 0 Å².